The van der Waals surface area contributed by atoms with E-state index in [1.165, 1.54) is 4.90 Å². The van der Waals surface area contributed by atoms with Crippen LogP contribution in [0.15, 0.2) is 54.6 Å². The third-order valence-electron chi connectivity index (χ3n) is 4.05. The van der Waals surface area contributed by atoms with Crippen molar-refractivity contribution in [2.75, 3.05) is 0 Å². The van der Waals surface area contributed by atoms with Crippen LogP contribution in [0.2, 0.25) is 0 Å². The maximum absolute atomic E-state index is 12.8. The first-order valence-corrected chi connectivity index (χ1v) is 7.23. The Balaban J connectivity index is 1.85. The van der Waals surface area contributed by atoms with Gasteiger partial charge in [-0.25, -0.2) is 4.79 Å². The highest BCUT2D eigenvalue weighted by atomic mass is 16.2. The van der Waals surface area contributed by atoms with Crippen molar-refractivity contribution in [1.29, 1.82) is 5.26 Å². The molecule has 1 heterocycles. The zero-order valence-corrected chi connectivity index (χ0v) is 12.6. The van der Waals surface area contributed by atoms with E-state index in [-0.39, 0.29) is 12.5 Å². The number of benzene rings is 2. The van der Waals surface area contributed by atoms with Crippen LogP contribution < -0.4 is 5.32 Å². The Labute approximate surface area is 134 Å². The molecule has 1 fully saturated rings. The van der Waals surface area contributed by atoms with Gasteiger partial charge in [0.25, 0.3) is 5.91 Å². The number of carbonyl (C=O) groups is 2. The Morgan fingerprint density at radius 1 is 1.09 bits per heavy atom. The molecule has 1 unspecified atom stereocenters. The summed E-state index contributed by atoms with van der Waals surface area (Å²) in [5.74, 6) is -0.280. The van der Waals surface area contributed by atoms with Crippen molar-refractivity contribution in [2.24, 2.45) is 0 Å². The Hall–Kier alpha value is -3.13. The number of imide groups is 1. The van der Waals surface area contributed by atoms with Crippen LogP contribution >= 0.6 is 0 Å². The fourth-order valence-corrected chi connectivity index (χ4v) is 2.67. The zero-order valence-electron chi connectivity index (χ0n) is 12.6. The fraction of sp³-hybridized carbons (Fsp3) is 0.167. The summed E-state index contributed by atoms with van der Waals surface area (Å²) in [6, 6.07) is 17.6. The van der Waals surface area contributed by atoms with Crippen LogP contribution in [0.3, 0.4) is 0 Å². The molecule has 1 N–H and O–H groups in total. The molecule has 1 aliphatic heterocycles. The van der Waals surface area contributed by atoms with Crippen molar-refractivity contribution in [1.82, 2.24) is 10.2 Å². The molecule has 5 nitrogen and oxygen atoms in total. The summed E-state index contributed by atoms with van der Waals surface area (Å²) in [6.07, 6.45) is 0. The van der Waals surface area contributed by atoms with E-state index < -0.39 is 11.6 Å². The van der Waals surface area contributed by atoms with E-state index in [2.05, 4.69) is 5.32 Å². The molecule has 23 heavy (non-hydrogen) atoms. The summed E-state index contributed by atoms with van der Waals surface area (Å²) in [7, 11) is 0. The molecule has 114 valence electrons. The lowest BCUT2D eigenvalue weighted by molar-refractivity contribution is -0.131. The first-order valence-electron chi connectivity index (χ1n) is 7.23. The van der Waals surface area contributed by atoms with Crippen molar-refractivity contribution >= 4 is 11.9 Å². The molecule has 2 aromatic rings. The predicted molar refractivity (Wildman–Crippen MR) is 84.0 cm³/mol. The maximum Gasteiger partial charge on any atom is 0.325 e. The van der Waals surface area contributed by atoms with Crippen LogP contribution in [0.4, 0.5) is 4.79 Å². The van der Waals surface area contributed by atoms with Crippen LogP contribution in [0.25, 0.3) is 0 Å². The lowest BCUT2D eigenvalue weighted by Crippen LogP contribution is -2.40. The molecule has 1 aliphatic rings. The van der Waals surface area contributed by atoms with Gasteiger partial charge < -0.3 is 5.32 Å². The molecule has 0 spiro atoms. The molecule has 0 aliphatic carbocycles. The first kappa shape index (κ1) is 14.8. The normalized spacial score (nSPS) is 20.3. The van der Waals surface area contributed by atoms with E-state index >= 15 is 0 Å². The summed E-state index contributed by atoms with van der Waals surface area (Å²) in [6.45, 7) is 1.89. The first-order chi connectivity index (χ1) is 11.0. The minimum absolute atomic E-state index is 0.179. The average Bonchev–Trinajstić information content (AvgIpc) is 2.81. The highest BCUT2D eigenvalue weighted by molar-refractivity contribution is 6.07. The highest BCUT2D eigenvalue weighted by Crippen LogP contribution is 2.29. The number of urea groups is 1. The van der Waals surface area contributed by atoms with E-state index in [9.17, 15) is 9.59 Å². The van der Waals surface area contributed by atoms with Gasteiger partial charge in [-0.15, -0.1) is 0 Å². The van der Waals surface area contributed by atoms with Crippen molar-refractivity contribution in [3.8, 4) is 6.07 Å². The van der Waals surface area contributed by atoms with Crippen molar-refractivity contribution in [2.45, 2.75) is 19.0 Å². The molecule has 0 bridgehead atoms. The quantitative estimate of drug-likeness (QED) is 0.886. The number of rotatable bonds is 3. The van der Waals surface area contributed by atoms with E-state index in [4.69, 9.17) is 5.26 Å². The Kier molecular flexibility index (Phi) is 3.59. The summed E-state index contributed by atoms with van der Waals surface area (Å²) < 4.78 is 0. The predicted octanol–water partition coefficient (Wildman–Crippen LogP) is 2.53. The zero-order chi connectivity index (χ0) is 16.4. The summed E-state index contributed by atoms with van der Waals surface area (Å²) in [5, 5.41) is 11.6. The SMILES string of the molecule is CC1(c2ccccc2)NC(=O)N(Cc2ccc(C#N)cc2)C1=O. The second kappa shape index (κ2) is 5.58. The van der Waals surface area contributed by atoms with Crippen LogP contribution in [0, 0.1) is 11.3 Å². The second-order valence-electron chi connectivity index (χ2n) is 5.62. The number of nitrogens with one attached hydrogen (secondary N) is 1. The van der Waals surface area contributed by atoms with Crippen LogP contribution in [-0.4, -0.2) is 16.8 Å². The van der Waals surface area contributed by atoms with Gasteiger partial charge in [-0.3, -0.25) is 9.69 Å². The van der Waals surface area contributed by atoms with Crippen LogP contribution in [0.5, 0.6) is 0 Å². The van der Waals surface area contributed by atoms with E-state index in [0.717, 1.165) is 11.1 Å². The number of hydrogen-bond acceptors (Lipinski definition) is 3. The lowest BCUT2D eigenvalue weighted by Gasteiger charge is -2.22. The van der Waals surface area contributed by atoms with Gasteiger partial charge in [0.15, 0.2) is 0 Å². The van der Waals surface area contributed by atoms with Crippen LogP contribution in [0.1, 0.15) is 23.6 Å². The third-order valence-corrected chi connectivity index (χ3v) is 4.05. The molecule has 5 heteroatoms. The number of carbonyl (C=O) groups excluding carboxylic acids is 2. The monoisotopic (exact) mass is 305 g/mol. The Bertz CT molecular complexity index is 793. The molecule has 1 saturated heterocycles. The summed E-state index contributed by atoms with van der Waals surface area (Å²) >= 11 is 0. The summed E-state index contributed by atoms with van der Waals surface area (Å²) in [5.41, 5.74) is 1.04. The number of hydrogen-bond donors (Lipinski definition) is 1. The van der Waals surface area contributed by atoms with E-state index in [1.54, 1.807) is 31.2 Å². The largest absolute Gasteiger partial charge is 0.325 e. The number of nitrogens with zero attached hydrogens (tertiary/aromatic N) is 2. The second-order valence-corrected chi connectivity index (χ2v) is 5.62. The smallest absolute Gasteiger partial charge is 0.319 e. The Morgan fingerprint density at radius 2 is 1.74 bits per heavy atom. The molecular formula is C18H15N3O2. The standard InChI is InChI=1S/C18H15N3O2/c1-18(15-5-3-2-4-6-15)16(22)21(17(23)20-18)12-14-9-7-13(11-19)8-10-14/h2-10H,12H2,1H3,(H,20,23). The van der Waals surface area contributed by atoms with Gasteiger partial charge in [0.2, 0.25) is 0 Å². The van der Waals surface area contributed by atoms with Gasteiger partial charge in [0, 0.05) is 0 Å². The minimum atomic E-state index is -1.05. The van der Waals surface area contributed by atoms with Crippen molar-refractivity contribution in [3.05, 3.63) is 71.3 Å². The van der Waals surface area contributed by atoms with Gasteiger partial charge in [-0.2, -0.15) is 5.26 Å². The van der Waals surface area contributed by atoms with Gasteiger partial charge in [0.05, 0.1) is 18.2 Å². The molecule has 0 radical (unpaired) electrons. The lowest BCUT2D eigenvalue weighted by atomic mass is 9.92. The third kappa shape index (κ3) is 2.55. The molecule has 0 saturated carbocycles. The van der Waals surface area contributed by atoms with Crippen molar-refractivity contribution < 1.29 is 9.59 Å². The molecule has 3 rings (SSSR count). The molecule has 2 aromatic carbocycles. The van der Waals surface area contributed by atoms with Gasteiger partial charge in [-0.05, 0) is 30.2 Å². The number of amides is 3. The highest BCUT2D eigenvalue weighted by Gasteiger charge is 2.48. The average molecular weight is 305 g/mol. The maximum atomic E-state index is 12.8. The Morgan fingerprint density at radius 3 is 2.35 bits per heavy atom. The van der Waals surface area contributed by atoms with Gasteiger partial charge in [-0.1, -0.05) is 42.5 Å². The minimum Gasteiger partial charge on any atom is -0.319 e. The van der Waals surface area contributed by atoms with E-state index in [0.29, 0.717) is 5.56 Å². The topological polar surface area (TPSA) is 73.2 Å². The van der Waals surface area contributed by atoms with Crippen LogP contribution in [-0.2, 0) is 16.9 Å². The molecule has 1 atom stereocenters. The van der Waals surface area contributed by atoms with E-state index in [1.807, 2.05) is 36.4 Å². The molecule has 3 amide bonds. The molecule has 0 aromatic heterocycles. The molecular weight excluding hydrogens is 290 g/mol. The van der Waals surface area contributed by atoms with Crippen molar-refractivity contribution in [3.63, 3.8) is 0 Å². The number of nitriles is 1. The fourth-order valence-electron chi connectivity index (χ4n) is 2.67. The van der Waals surface area contributed by atoms with Gasteiger partial charge >= 0.3 is 6.03 Å². The van der Waals surface area contributed by atoms with Gasteiger partial charge in [0.1, 0.15) is 5.54 Å². The summed E-state index contributed by atoms with van der Waals surface area (Å²) in [4.78, 5) is 26.2.